The number of aliphatic hydroxyl groups is 1. The molecular weight excluding hydrogens is 346 g/mol. The van der Waals surface area contributed by atoms with Gasteiger partial charge in [0.1, 0.15) is 6.10 Å². The molecule has 0 aliphatic heterocycles. The van der Waals surface area contributed by atoms with E-state index in [2.05, 4.69) is 5.43 Å². The van der Waals surface area contributed by atoms with Gasteiger partial charge in [-0.25, -0.2) is 10.4 Å². The molecule has 150 valence electrons. The van der Waals surface area contributed by atoms with E-state index in [1.807, 2.05) is 6.07 Å². The first-order chi connectivity index (χ1) is 13.0. The van der Waals surface area contributed by atoms with Gasteiger partial charge >= 0.3 is 5.97 Å². The van der Waals surface area contributed by atoms with Gasteiger partial charge in [0.25, 0.3) is 5.91 Å². The molecule has 1 fully saturated rings. The van der Waals surface area contributed by atoms with Gasteiger partial charge in [0.15, 0.2) is 0 Å². The van der Waals surface area contributed by atoms with Crippen molar-refractivity contribution in [2.75, 3.05) is 11.6 Å². The van der Waals surface area contributed by atoms with Gasteiger partial charge in [0.05, 0.1) is 5.69 Å². The quantitative estimate of drug-likeness (QED) is 0.366. The number of aliphatic carboxylic acids is 1. The van der Waals surface area contributed by atoms with Crippen molar-refractivity contribution >= 4 is 17.6 Å². The highest BCUT2D eigenvalue weighted by atomic mass is 16.4. The van der Waals surface area contributed by atoms with Crippen LogP contribution in [-0.2, 0) is 9.59 Å². The van der Waals surface area contributed by atoms with Gasteiger partial charge in [-0.1, -0.05) is 50.3 Å². The Morgan fingerprint density at radius 2 is 1.85 bits per heavy atom. The molecule has 0 aromatic heterocycles. The molecule has 1 saturated carbocycles. The van der Waals surface area contributed by atoms with E-state index in [4.69, 9.17) is 10.8 Å². The maximum Gasteiger partial charge on any atom is 0.303 e. The van der Waals surface area contributed by atoms with Crippen molar-refractivity contribution in [3.63, 3.8) is 0 Å². The highest BCUT2D eigenvalue weighted by Gasteiger charge is 2.30. The predicted octanol–water partition coefficient (Wildman–Crippen LogP) is 2.05. The van der Waals surface area contributed by atoms with Crippen LogP contribution in [-0.4, -0.2) is 40.8 Å². The van der Waals surface area contributed by atoms with Crippen molar-refractivity contribution in [3.8, 4) is 0 Å². The molecule has 2 atom stereocenters. The smallest absolute Gasteiger partial charge is 0.303 e. The van der Waals surface area contributed by atoms with Crippen LogP contribution in [0.5, 0.6) is 0 Å². The van der Waals surface area contributed by atoms with Crippen LogP contribution in [0.15, 0.2) is 30.3 Å². The van der Waals surface area contributed by atoms with Crippen molar-refractivity contribution in [1.29, 1.82) is 0 Å². The third-order valence-corrected chi connectivity index (χ3v) is 5.06. The van der Waals surface area contributed by atoms with Crippen LogP contribution >= 0.6 is 0 Å². The number of nitrogens with one attached hydrogen (secondary N) is 1. The first kappa shape index (κ1) is 21.3. The minimum Gasteiger partial charge on any atom is -0.481 e. The largest absolute Gasteiger partial charge is 0.481 e. The van der Waals surface area contributed by atoms with E-state index in [0.717, 1.165) is 12.8 Å². The van der Waals surface area contributed by atoms with E-state index in [-0.39, 0.29) is 6.42 Å². The fourth-order valence-corrected chi connectivity index (χ4v) is 3.56. The molecule has 1 unspecified atom stereocenters. The predicted molar refractivity (Wildman–Crippen MR) is 104 cm³/mol. The van der Waals surface area contributed by atoms with E-state index in [0.29, 0.717) is 31.0 Å². The lowest BCUT2D eigenvalue weighted by molar-refractivity contribution is -0.137. The summed E-state index contributed by atoms with van der Waals surface area (Å²) in [6.45, 7) is 0.303. The topological polar surface area (TPSA) is 116 Å². The first-order valence-electron chi connectivity index (χ1n) is 9.77. The molecular formula is C20H31N3O4. The second-order valence-corrected chi connectivity index (χ2v) is 7.26. The zero-order chi connectivity index (χ0) is 19.6. The zero-order valence-corrected chi connectivity index (χ0v) is 15.7. The molecule has 7 heteroatoms. The lowest BCUT2D eigenvalue weighted by Gasteiger charge is -2.30. The van der Waals surface area contributed by atoms with Crippen LogP contribution in [0.2, 0.25) is 0 Å². The number of amides is 1. The number of carbonyl (C=O) groups is 2. The number of hydrazine groups is 1. The maximum absolute atomic E-state index is 12.9. The first-order valence-corrected chi connectivity index (χ1v) is 9.77. The molecule has 1 aromatic carbocycles. The Kier molecular flexibility index (Phi) is 8.71. The zero-order valence-electron chi connectivity index (χ0n) is 15.7. The molecule has 0 heterocycles. The number of benzene rings is 1. The van der Waals surface area contributed by atoms with Gasteiger partial charge in [-0.05, 0) is 30.9 Å². The van der Waals surface area contributed by atoms with Crippen molar-refractivity contribution in [3.05, 3.63) is 30.3 Å². The summed E-state index contributed by atoms with van der Waals surface area (Å²) in [7, 11) is 0. The normalized spacial score (nSPS) is 17.3. The summed E-state index contributed by atoms with van der Waals surface area (Å²) in [5, 5.41) is 20.6. The summed E-state index contributed by atoms with van der Waals surface area (Å²) < 4.78 is 0. The number of para-hydroxylation sites is 1. The molecule has 0 radical (unpaired) electrons. The highest BCUT2D eigenvalue weighted by molar-refractivity contribution is 5.96. The Morgan fingerprint density at radius 3 is 2.48 bits per heavy atom. The van der Waals surface area contributed by atoms with Crippen LogP contribution < -0.4 is 16.2 Å². The van der Waals surface area contributed by atoms with E-state index in [1.54, 1.807) is 24.3 Å². The number of nitrogens with two attached hydrogens (primary N) is 1. The number of carboxylic acid groups (broad SMARTS) is 1. The minimum absolute atomic E-state index is 0.00751. The van der Waals surface area contributed by atoms with Crippen molar-refractivity contribution in [1.82, 2.24) is 5.43 Å². The number of carboxylic acids is 1. The number of hydrogen-bond acceptors (Lipinski definition) is 5. The number of aliphatic hydroxyl groups excluding tert-OH is 1. The summed E-state index contributed by atoms with van der Waals surface area (Å²) in [5.74, 6) is -0.936. The fraction of sp³-hybridized carbons (Fsp3) is 0.600. The third kappa shape index (κ3) is 6.93. The molecule has 5 N–H and O–H groups in total. The Balaban J connectivity index is 1.99. The van der Waals surface area contributed by atoms with Gasteiger partial charge in [-0.3, -0.25) is 9.59 Å². The third-order valence-electron chi connectivity index (χ3n) is 5.06. The molecule has 0 saturated heterocycles. The van der Waals surface area contributed by atoms with Crippen molar-refractivity contribution in [2.45, 2.75) is 63.5 Å². The second-order valence-electron chi connectivity index (χ2n) is 7.26. The molecule has 1 amide bonds. The number of rotatable bonds is 10. The monoisotopic (exact) mass is 377 g/mol. The Labute approximate surface area is 160 Å². The van der Waals surface area contributed by atoms with Crippen molar-refractivity contribution < 1.29 is 19.8 Å². The van der Waals surface area contributed by atoms with Gasteiger partial charge in [-0.15, -0.1) is 0 Å². The lowest BCUT2D eigenvalue weighted by Crippen LogP contribution is -2.54. The van der Waals surface area contributed by atoms with E-state index in [9.17, 15) is 14.7 Å². The molecule has 0 bridgehead atoms. The Bertz CT molecular complexity index is 590. The molecule has 1 aromatic rings. The van der Waals surface area contributed by atoms with E-state index in [1.165, 1.54) is 24.3 Å². The summed E-state index contributed by atoms with van der Waals surface area (Å²) in [4.78, 5) is 23.5. The van der Waals surface area contributed by atoms with E-state index >= 15 is 0 Å². The fourth-order valence-electron chi connectivity index (χ4n) is 3.56. The maximum atomic E-state index is 12.9. The number of carbonyl (C=O) groups excluding carboxylic acids is 1. The Morgan fingerprint density at radius 1 is 1.19 bits per heavy atom. The van der Waals surface area contributed by atoms with Crippen LogP contribution in [0.4, 0.5) is 5.69 Å². The molecule has 7 nitrogen and oxygen atoms in total. The summed E-state index contributed by atoms with van der Waals surface area (Å²) in [6, 6.07) is 8.31. The molecule has 27 heavy (non-hydrogen) atoms. The number of nitrogens with zero attached hydrogens (tertiary/aromatic N) is 1. The van der Waals surface area contributed by atoms with E-state index < -0.39 is 24.0 Å². The van der Waals surface area contributed by atoms with Crippen LogP contribution in [0, 0.1) is 5.92 Å². The number of anilines is 1. The van der Waals surface area contributed by atoms with Gasteiger partial charge in [0.2, 0.25) is 0 Å². The lowest BCUT2D eigenvalue weighted by atomic mass is 9.84. The summed E-state index contributed by atoms with van der Waals surface area (Å²) >= 11 is 0. The number of hydrogen-bond donors (Lipinski definition) is 4. The Hall–Kier alpha value is -1.96. The van der Waals surface area contributed by atoms with Gasteiger partial charge in [0, 0.05) is 19.0 Å². The summed E-state index contributed by atoms with van der Waals surface area (Å²) in [6.07, 6.45) is 5.52. The average Bonchev–Trinajstić information content (AvgIpc) is 2.68. The molecule has 2 rings (SSSR count). The van der Waals surface area contributed by atoms with Crippen LogP contribution in [0.25, 0.3) is 0 Å². The highest BCUT2D eigenvalue weighted by Crippen LogP contribution is 2.27. The van der Waals surface area contributed by atoms with Crippen LogP contribution in [0.3, 0.4) is 0 Å². The minimum atomic E-state index is -1.31. The van der Waals surface area contributed by atoms with Gasteiger partial charge in [-0.2, -0.15) is 0 Å². The van der Waals surface area contributed by atoms with Crippen LogP contribution in [0.1, 0.15) is 51.4 Å². The molecule has 1 aliphatic rings. The molecule has 1 aliphatic carbocycles. The molecule has 0 spiro atoms. The van der Waals surface area contributed by atoms with Crippen molar-refractivity contribution in [2.24, 2.45) is 11.7 Å². The van der Waals surface area contributed by atoms with Gasteiger partial charge < -0.3 is 15.9 Å². The second kappa shape index (κ2) is 11.0. The average molecular weight is 377 g/mol. The standard InChI is InChI=1S/C20H31N3O4/c21-17(14-15-8-3-1-4-9-15)19(26)20(27)23(16-10-5-2-6-11-16)22-13-7-12-18(24)25/h2,5-6,10-11,15,17,19,22,26H,1,3-4,7-9,12-14,21H2,(H,24,25)/t17-,19?/m1/s1. The SMILES string of the molecule is N[C@H](CC1CCCCC1)C(O)C(=O)N(NCCCC(=O)O)c1ccccc1. The summed E-state index contributed by atoms with van der Waals surface area (Å²) in [5.41, 5.74) is 9.68.